The molecule has 0 aromatic carbocycles. The maximum atomic E-state index is 10.7. The molecule has 0 radical (unpaired) electrons. The summed E-state index contributed by atoms with van der Waals surface area (Å²) in [5.74, 6) is -0.535. The van der Waals surface area contributed by atoms with Crippen LogP contribution < -0.4 is 5.32 Å². The first-order valence-electron chi connectivity index (χ1n) is 3.92. The van der Waals surface area contributed by atoms with Crippen molar-refractivity contribution in [1.29, 1.82) is 0 Å². The highest BCUT2D eigenvalue weighted by molar-refractivity contribution is 5.81. The van der Waals surface area contributed by atoms with E-state index < -0.39 is 12.1 Å². The second kappa shape index (κ2) is 7.78. The Kier molecular flexibility index (Phi) is 6.75. The Hall–Kier alpha value is -1.85. The minimum atomic E-state index is -0.697. The second-order valence-corrected chi connectivity index (χ2v) is 2.04. The molecule has 0 aliphatic carbocycles. The smallest absolute Gasteiger partial charge is 0.433 e. The number of nitrogens with zero attached hydrogens (tertiary/aromatic N) is 1. The van der Waals surface area contributed by atoms with Gasteiger partial charge in [0, 0.05) is 12.3 Å². The van der Waals surface area contributed by atoms with Crippen molar-refractivity contribution in [1.82, 2.24) is 5.32 Å². The van der Waals surface area contributed by atoms with Crippen molar-refractivity contribution >= 4 is 18.3 Å². The van der Waals surface area contributed by atoms with E-state index in [2.05, 4.69) is 26.6 Å². The van der Waals surface area contributed by atoms with Gasteiger partial charge in [0.05, 0.1) is 6.54 Å². The lowest BCUT2D eigenvalue weighted by atomic mass is 10.6. The van der Waals surface area contributed by atoms with Gasteiger partial charge in [-0.25, -0.2) is 9.59 Å². The number of oxime groups is 1. The lowest BCUT2D eigenvalue weighted by Gasteiger charge is -2.02. The summed E-state index contributed by atoms with van der Waals surface area (Å²) in [4.78, 5) is 25.5. The Morgan fingerprint density at radius 1 is 1.57 bits per heavy atom. The maximum absolute atomic E-state index is 10.7. The Labute approximate surface area is 81.6 Å². The number of rotatable bonds is 5. The third-order valence-corrected chi connectivity index (χ3v) is 1.02. The van der Waals surface area contributed by atoms with Gasteiger partial charge in [-0.2, -0.15) is 0 Å². The number of esters is 1. The van der Waals surface area contributed by atoms with Crippen LogP contribution in [0.1, 0.15) is 6.92 Å². The highest BCUT2D eigenvalue weighted by atomic mass is 16.7. The van der Waals surface area contributed by atoms with Crippen LogP contribution in [0.5, 0.6) is 0 Å². The van der Waals surface area contributed by atoms with Crippen molar-refractivity contribution in [3.8, 4) is 0 Å². The lowest BCUT2D eigenvalue weighted by Crippen LogP contribution is -2.27. The van der Waals surface area contributed by atoms with E-state index in [4.69, 9.17) is 0 Å². The van der Waals surface area contributed by atoms with Crippen molar-refractivity contribution in [2.75, 3.05) is 13.2 Å². The van der Waals surface area contributed by atoms with Gasteiger partial charge >= 0.3 is 12.1 Å². The molecule has 1 N–H and O–H groups in total. The molecule has 0 unspecified atom stereocenters. The van der Waals surface area contributed by atoms with E-state index >= 15 is 0 Å². The monoisotopic (exact) mass is 200 g/mol. The summed E-state index contributed by atoms with van der Waals surface area (Å²) in [6.45, 7) is 5.05. The predicted octanol–water partition coefficient (Wildman–Crippen LogP) is 0.448. The highest BCUT2D eigenvalue weighted by Crippen LogP contribution is 1.80. The molecule has 78 valence electrons. The van der Waals surface area contributed by atoms with Crippen LogP contribution in [0.4, 0.5) is 4.79 Å². The van der Waals surface area contributed by atoms with Crippen molar-refractivity contribution in [2.24, 2.45) is 5.16 Å². The predicted molar refractivity (Wildman–Crippen MR) is 49.8 cm³/mol. The average Bonchev–Trinajstić information content (AvgIpc) is 2.21. The van der Waals surface area contributed by atoms with Gasteiger partial charge < -0.3 is 10.1 Å². The van der Waals surface area contributed by atoms with E-state index in [1.165, 1.54) is 6.21 Å². The van der Waals surface area contributed by atoms with Crippen LogP contribution in [0, 0.1) is 0 Å². The molecule has 0 spiro atoms. The summed E-state index contributed by atoms with van der Waals surface area (Å²) in [7, 11) is 0. The number of hydrogen-bond donors (Lipinski definition) is 1. The van der Waals surface area contributed by atoms with Crippen molar-refractivity contribution in [3.05, 3.63) is 12.7 Å². The fourth-order valence-electron chi connectivity index (χ4n) is 0.496. The first-order valence-corrected chi connectivity index (χ1v) is 3.92. The zero-order chi connectivity index (χ0) is 10.8. The summed E-state index contributed by atoms with van der Waals surface area (Å²) in [6, 6.07) is 0. The van der Waals surface area contributed by atoms with Crippen LogP contribution >= 0.6 is 0 Å². The Morgan fingerprint density at radius 2 is 2.29 bits per heavy atom. The summed E-state index contributed by atoms with van der Waals surface area (Å²) in [6.07, 6.45) is 1.68. The van der Waals surface area contributed by atoms with Crippen LogP contribution in [0.2, 0.25) is 0 Å². The normalized spacial score (nSPS) is 9.50. The molecule has 0 saturated carbocycles. The topological polar surface area (TPSA) is 77.0 Å². The van der Waals surface area contributed by atoms with Crippen LogP contribution in [-0.4, -0.2) is 31.4 Å². The second-order valence-electron chi connectivity index (χ2n) is 2.04. The molecule has 0 aromatic rings. The van der Waals surface area contributed by atoms with Gasteiger partial charge in [-0.1, -0.05) is 11.7 Å². The number of amides is 1. The number of carbonyl (C=O) groups is 2. The van der Waals surface area contributed by atoms with Gasteiger partial charge in [-0.15, -0.1) is 0 Å². The number of carbonyl (C=O) groups excluding carboxylic acids is 2. The molecule has 0 rings (SSSR count). The highest BCUT2D eigenvalue weighted by Gasteiger charge is 2.00. The quantitative estimate of drug-likeness (QED) is 0.174. The Balaban J connectivity index is 3.40. The molecule has 0 bridgehead atoms. The SMILES string of the molecule is C=CC(=O)OCCNC(=O)O/N=C/C. The fraction of sp³-hybridized carbons (Fsp3) is 0.375. The first-order chi connectivity index (χ1) is 6.70. The summed E-state index contributed by atoms with van der Waals surface area (Å²) in [5, 5.41) is 5.55. The van der Waals surface area contributed by atoms with Crippen LogP contribution in [0.15, 0.2) is 17.8 Å². The summed E-state index contributed by atoms with van der Waals surface area (Å²) >= 11 is 0. The van der Waals surface area contributed by atoms with Gasteiger partial charge in [-0.3, -0.25) is 4.84 Å². The number of hydrogen-bond acceptors (Lipinski definition) is 5. The van der Waals surface area contributed by atoms with Crippen LogP contribution in [0.25, 0.3) is 0 Å². The Morgan fingerprint density at radius 3 is 2.86 bits per heavy atom. The fourth-order valence-corrected chi connectivity index (χ4v) is 0.496. The third kappa shape index (κ3) is 6.84. The van der Waals surface area contributed by atoms with E-state index in [1.807, 2.05) is 0 Å². The van der Waals surface area contributed by atoms with E-state index in [9.17, 15) is 9.59 Å². The molecule has 0 aliphatic heterocycles. The number of ether oxygens (including phenoxy) is 1. The van der Waals surface area contributed by atoms with Crippen molar-refractivity contribution in [3.63, 3.8) is 0 Å². The third-order valence-electron chi connectivity index (χ3n) is 1.02. The maximum Gasteiger partial charge on any atom is 0.433 e. The van der Waals surface area contributed by atoms with Gasteiger partial charge in [0.1, 0.15) is 6.61 Å². The minimum absolute atomic E-state index is 0.0653. The van der Waals surface area contributed by atoms with Crippen molar-refractivity contribution < 1.29 is 19.2 Å². The van der Waals surface area contributed by atoms with Crippen LogP contribution in [0.3, 0.4) is 0 Å². The van der Waals surface area contributed by atoms with Gasteiger partial charge in [0.2, 0.25) is 0 Å². The Bertz CT molecular complexity index is 237. The molecule has 14 heavy (non-hydrogen) atoms. The molecule has 1 amide bonds. The molecule has 0 heterocycles. The standard InChI is InChI=1S/C8H12N2O4/c1-3-7(11)13-6-5-9-8(12)14-10-4-2/h3-4H,1,5-6H2,2H3,(H,9,12)/b10-4+. The van der Waals surface area contributed by atoms with Crippen molar-refractivity contribution in [2.45, 2.75) is 6.92 Å². The molecule has 0 aromatic heterocycles. The molecular formula is C8H12N2O4. The lowest BCUT2D eigenvalue weighted by molar-refractivity contribution is -0.137. The molecule has 0 atom stereocenters. The van der Waals surface area contributed by atoms with E-state index in [0.29, 0.717) is 0 Å². The zero-order valence-electron chi connectivity index (χ0n) is 7.86. The van der Waals surface area contributed by atoms with Gasteiger partial charge in [0.15, 0.2) is 0 Å². The first kappa shape index (κ1) is 12.2. The molecule has 6 heteroatoms. The van der Waals surface area contributed by atoms with E-state index in [-0.39, 0.29) is 13.2 Å². The van der Waals surface area contributed by atoms with E-state index in [0.717, 1.165) is 6.08 Å². The average molecular weight is 200 g/mol. The summed E-state index contributed by atoms with van der Waals surface area (Å²) < 4.78 is 4.58. The number of nitrogens with one attached hydrogen (secondary N) is 1. The largest absolute Gasteiger partial charge is 0.461 e. The van der Waals surface area contributed by atoms with E-state index in [1.54, 1.807) is 6.92 Å². The van der Waals surface area contributed by atoms with Gasteiger partial charge in [-0.05, 0) is 6.92 Å². The molecule has 0 saturated heterocycles. The molecular weight excluding hydrogens is 188 g/mol. The zero-order valence-corrected chi connectivity index (χ0v) is 7.86. The van der Waals surface area contributed by atoms with Crippen LogP contribution in [-0.2, 0) is 14.4 Å². The molecule has 0 aliphatic rings. The summed E-state index contributed by atoms with van der Waals surface area (Å²) in [5.41, 5.74) is 0. The van der Waals surface area contributed by atoms with Gasteiger partial charge in [0.25, 0.3) is 0 Å². The molecule has 0 fully saturated rings. The molecule has 6 nitrogen and oxygen atoms in total. The minimum Gasteiger partial charge on any atom is -0.461 e.